The molecule has 2 aromatic carbocycles. The van der Waals surface area contributed by atoms with Crippen molar-refractivity contribution in [3.05, 3.63) is 94.5 Å². The number of aromatic nitrogens is 1. The Hall–Kier alpha value is -3.73. The van der Waals surface area contributed by atoms with Crippen molar-refractivity contribution in [2.75, 3.05) is 0 Å². The van der Waals surface area contributed by atoms with Crippen LogP contribution in [0.4, 0.5) is 0 Å². The molecule has 5 rings (SSSR count). The first-order valence-electron chi connectivity index (χ1n) is 10.3. The quantitative estimate of drug-likeness (QED) is 0.334. The molecular weight excluding hydrogens is 390 g/mol. The van der Waals surface area contributed by atoms with Gasteiger partial charge in [0.25, 0.3) is 0 Å². The molecule has 1 atom stereocenters. The van der Waals surface area contributed by atoms with Gasteiger partial charge in [-0.15, -0.1) is 0 Å². The van der Waals surface area contributed by atoms with Crippen LogP contribution in [-0.2, 0) is 4.79 Å². The zero-order valence-corrected chi connectivity index (χ0v) is 17.3. The van der Waals surface area contributed by atoms with E-state index in [0.29, 0.717) is 23.0 Å². The topological polar surface area (TPSA) is 65.5 Å². The molecule has 0 aliphatic carbocycles. The van der Waals surface area contributed by atoms with E-state index >= 15 is 0 Å². The number of pyridine rings is 1. The summed E-state index contributed by atoms with van der Waals surface area (Å²) in [5.41, 5.74) is 4.21. The number of allylic oxidation sites excluding steroid dienone is 1. The van der Waals surface area contributed by atoms with Crippen molar-refractivity contribution in [3.8, 4) is 11.5 Å². The summed E-state index contributed by atoms with van der Waals surface area (Å²) >= 11 is 0. The molecule has 1 unspecified atom stereocenters. The summed E-state index contributed by atoms with van der Waals surface area (Å²) in [6.07, 6.45) is 5.35. The third-order valence-corrected chi connectivity index (χ3v) is 5.77. The highest BCUT2D eigenvalue weighted by Gasteiger charge is 2.38. The molecule has 2 aliphatic heterocycles. The Kier molecular flexibility index (Phi) is 4.66. The minimum Gasteiger partial charge on any atom is -0.452 e. The van der Waals surface area contributed by atoms with E-state index in [2.05, 4.69) is 31.0 Å². The van der Waals surface area contributed by atoms with E-state index in [0.717, 1.165) is 16.7 Å². The van der Waals surface area contributed by atoms with Crippen LogP contribution < -0.4 is 9.47 Å². The SMILES string of the molecule is CC(C)c1ccc(/C=C2\Oc3c(ccc4c3C(c3cccnc3)CC(=O)O4)C2=O)cc1. The number of carbonyl (C=O) groups is 2. The first kappa shape index (κ1) is 19.2. The van der Waals surface area contributed by atoms with Gasteiger partial charge in [-0.2, -0.15) is 0 Å². The van der Waals surface area contributed by atoms with Crippen molar-refractivity contribution in [2.24, 2.45) is 0 Å². The number of benzene rings is 2. The number of nitrogens with zero attached hydrogens (tertiary/aromatic N) is 1. The highest BCUT2D eigenvalue weighted by atomic mass is 16.5. The van der Waals surface area contributed by atoms with Gasteiger partial charge in [0.1, 0.15) is 11.5 Å². The lowest BCUT2D eigenvalue weighted by molar-refractivity contribution is -0.135. The third kappa shape index (κ3) is 3.42. The first-order valence-corrected chi connectivity index (χ1v) is 10.3. The summed E-state index contributed by atoms with van der Waals surface area (Å²) < 4.78 is 11.5. The maximum Gasteiger partial charge on any atom is 0.312 e. The molecular formula is C26H21NO4. The van der Waals surface area contributed by atoms with Crippen molar-refractivity contribution in [3.63, 3.8) is 0 Å². The molecule has 154 valence electrons. The first-order chi connectivity index (χ1) is 15.0. The fourth-order valence-electron chi connectivity index (χ4n) is 4.10. The van der Waals surface area contributed by atoms with Crippen LogP contribution in [0.1, 0.15) is 64.7 Å². The van der Waals surface area contributed by atoms with Gasteiger partial charge in [0.2, 0.25) is 5.78 Å². The molecule has 3 aromatic rings. The number of carbonyl (C=O) groups excluding carboxylic acids is 2. The lowest BCUT2D eigenvalue weighted by Crippen LogP contribution is -2.21. The standard InChI is InChI=1S/C26H21NO4/c1-15(2)17-7-5-16(6-8-17)12-22-25(29)19-9-10-21-24(26(19)31-22)20(13-23(28)30-21)18-4-3-11-27-14-18/h3-12,14-15,20H,13H2,1-2H3/b22-12-. The maximum atomic E-state index is 13.1. The van der Waals surface area contributed by atoms with E-state index in [1.807, 2.05) is 24.3 Å². The number of ketones is 1. The molecule has 0 radical (unpaired) electrons. The van der Waals surface area contributed by atoms with Gasteiger partial charge in [0.05, 0.1) is 12.0 Å². The van der Waals surface area contributed by atoms with Gasteiger partial charge in [-0.25, -0.2) is 0 Å². The van der Waals surface area contributed by atoms with Crippen molar-refractivity contribution >= 4 is 17.8 Å². The zero-order chi connectivity index (χ0) is 21.5. The molecule has 0 bridgehead atoms. The summed E-state index contributed by atoms with van der Waals surface area (Å²) in [6.45, 7) is 4.28. The molecule has 5 heteroatoms. The van der Waals surface area contributed by atoms with Crippen LogP contribution in [0.15, 0.2) is 66.7 Å². The van der Waals surface area contributed by atoms with Crippen molar-refractivity contribution in [2.45, 2.75) is 32.1 Å². The van der Waals surface area contributed by atoms with E-state index in [1.54, 1.807) is 30.6 Å². The number of Topliss-reactive ketones (excluding diaryl/α,β-unsaturated/α-hetero) is 1. The Balaban J connectivity index is 1.56. The number of hydrogen-bond donors (Lipinski definition) is 0. The lowest BCUT2D eigenvalue weighted by atomic mass is 9.85. The second-order valence-corrected chi connectivity index (χ2v) is 8.13. The van der Waals surface area contributed by atoms with Crippen molar-refractivity contribution in [1.82, 2.24) is 4.98 Å². The number of esters is 1. The van der Waals surface area contributed by atoms with Crippen LogP contribution in [0.5, 0.6) is 11.5 Å². The van der Waals surface area contributed by atoms with Crippen LogP contribution in [0.2, 0.25) is 0 Å². The second-order valence-electron chi connectivity index (χ2n) is 8.13. The Morgan fingerprint density at radius 2 is 1.84 bits per heavy atom. The molecule has 0 fully saturated rings. The molecule has 0 N–H and O–H groups in total. The largest absolute Gasteiger partial charge is 0.452 e. The predicted octanol–water partition coefficient (Wildman–Crippen LogP) is 5.26. The van der Waals surface area contributed by atoms with E-state index in [9.17, 15) is 9.59 Å². The molecule has 1 aromatic heterocycles. The summed E-state index contributed by atoms with van der Waals surface area (Å²) in [7, 11) is 0. The maximum absolute atomic E-state index is 13.1. The molecule has 0 saturated carbocycles. The van der Waals surface area contributed by atoms with E-state index < -0.39 is 0 Å². The van der Waals surface area contributed by atoms with Crippen LogP contribution >= 0.6 is 0 Å². The fraction of sp³-hybridized carbons (Fsp3) is 0.192. The second kappa shape index (κ2) is 7.51. The summed E-state index contributed by atoms with van der Waals surface area (Å²) in [6, 6.07) is 15.2. The summed E-state index contributed by atoms with van der Waals surface area (Å²) in [5, 5.41) is 0. The van der Waals surface area contributed by atoms with Crippen molar-refractivity contribution < 1.29 is 19.1 Å². The summed E-state index contributed by atoms with van der Waals surface area (Å²) in [5.74, 6) is 0.834. The average Bonchev–Trinajstić information content (AvgIpc) is 3.09. The summed E-state index contributed by atoms with van der Waals surface area (Å²) in [4.78, 5) is 29.4. The molecule has 0 amide bonds. The van der Waals surface area contributed by atoms with Crippen LogP contribution in [0, 0.1) is 0 Å². The van der Waals surface area contributed by atoms with Gasteiger partial charge in [-0.05, 0) is 46.9 Å². The van der Waals surface area contributed by atoms with Gasteiger partial charge in [0.15, 0.2) is 5.76 Å². The van der Waals surface area contributed by atoms with Crippen LogP contribution in [-0.4, -0.2) is 16.7 Å². The molecule has 0 saturated heterocycles. The number of rotatable bonds is 3. The number of hydrogen-bond acceptors (Lipinski definition) is 5. The Bertz CT molecular complexity index is 1210. The Labute approximate surface area is 180 Å². The fourth-order valence-corrected chi connectivity index (χ4v) is 4.10. The molecule has 3 heterocycles. The molecule has 0 spiro atoms. The highest BCUT2D eigenvalue weighted by Crippen LogP contribution is 2.48. The van der Waals surface area contributed by atoms with Gasteiger partial charge < -0.3 is 9.47 Å². The molecule has 31 heavy (non-hydrogen) atoms. The lowest BCUT2D eigenvalue weighted by Gasteiger charge is -2.26. The van der Waals surface area contributed by atoms with Gasteiger partial charge in [-0.3, -0.25) is 14.6 Å². The highest BCUT2D eigenvalue weighted by molar-refractivity contribution is 6.15. The van der Waals surface area contributed by atoms with E-state index in [4.69, 9.17) is 9.47 Å². The Morgan fingerprint density at radius 3 is 2.55 bits per heavy atom. The molecule has 5 nitrogen and oxygen atoms in total. The van der Waals surface area contributed by atoms with E-state index in [1.165, 1.54) is 5.56 Å². The van der Waals surface area contributed by atoms with Crippen LogP contribution in [0.3, 0.4) is 0 Å². The smallest absolute Gasteiger partial charge is 0.312 e. The van der Waals surface area contributed by atoms with Gasteiger partial charge >= 0.3 is 5.97 Å². The monoisotopic (exact) mass is 411 g/mol. The van der Waals surface area contributed by atoms with E-state index in [-0.39, 0.29) is 29.9 Å². The zero-order valence-electron chi connectivity index (χ0n) is 17.3. The van der Waals surface area contributed by atoms with Crippen molar-refractivity contribution in [1.29, 1.82) is 0 Å². The van der Waals surface area contributed by atoms with Gasteiger partial charge in [0, 0.05) is 23.9 Å². The average molecular weight is 411 g/mol. The normalized spacial score (nSPS) is 18.5. The molecule has 2 aliphatic rings. The third-order valence-electron chi connectivity index (χ3n) is 5.77. The minimum absolute atomic E-state index is 0.169. The number of fused-ring (bicyclic) bond motifs is 3. The predicted molar refractivity (Wildman–Crippen MR) is 116 cm³/mol. The van der Waals surface area contributed by atoms with Gasteiger partial charge in [-0.1, -0.05) is 44.2 Å². The Morgan fingerprint density at radius 1 is 1.03 bits per heavy atom. The number of ether oxygens (including phenoxy) is 2. The van der Waals surface area contributed by atoms with Crippen LogP contribution in [0.25, 0.3) is 6.08 Å². The minimum atomic E-state index is -0.313.